The van der Waals surface area contributed by atoms with Gasteiger partial charge in [-0.05, 0) is 140 Å². The highest BCUT2D eigenvalue weighted by Crippen LogP contribution is 2.44. The topological polar surface area (TPSA) is 136 Å². The molecular weight excluding hydrogens is 946 g/mol. The second-order valence-electron chi connectivity index (χ2n) is 20.8. The predicted molar refractivity (Wildman–Crippen MR) is 291 cm³/mol. The number of amides is 1. The van der Waals surface area contributed by atoms with E-state index in [0.29, 0.717) is 41.9 Å². The number of rotatable bonds is 15. The number of hydrogen-bond acceptors (Lipinski definition) is 11. The molecule has 2 fully saturated rings. The third-order valence-electron chi connectivity index (χ3n) is 14.4. The molecule has 2 aliphatic heterocycles. The summed E-state index contributed by atoms with van der Waals surface area (Å²) < 4.78 is 11.9. The molecule has 1 amide bonds. The van der Waals surface area contributed by atoms with Crippen molar-refractivity contribution in [3.8, 4) is 22.5 Å². The number of likely N-dealkylation sites (tertiary alicyclic amines) is 1. The highest BCUT2D eigenvalue weighted by Gasteiger charge is 2.34. The van der Waals surface area contributed by atoms with Gasteiger partial charge in [0.15, 0.2) is 0 Å². The molecule has 10 rings (SSSR count). The number of halogens is 1. The van der Waals surface area contributed by atoms with Crippen LogP contribution >= 0.6 is 34.3 Å². The molecule has 2 saturated heterocycles. The van der Waals surface area contributed by atoms with E-state index < -0.39 is 0 Å². The van der Waals surface area contributed by atoms with Crippen LogP contribution in [0.2, 0.25) is 0 Å². The van der Waals surface area contributed by atoms with Crippen LogP contribution in [0.4, 0.5) is 0 Å². The van der Waals surface area contributed by atoms with Gasteiger partial charge in [0.25, 0.3) is 0 Å². The molecule has 0 saturated carbocycles. The normalized spacial score (nSPS) is 15.1. The molecule has 0 aliphatic carbocycles. The molecule has 71 heavy (non-hydrogen) atoms. The minimum Gasteiger partial charge on any atom is -0.424 e. The van der Waals surface area contributed by atoms with Crippen LogP contribution in [0.3, 0.4) is 0 Å². The van der Waals surface area contributed by atoms with Gasteiger partial charge in [-0.25, -0.2) is 0 Å². The van der Waals surface area contributed by atoms with E-state index in [1.54, 1.807) is 22.7 Å². The zero-order chi connectivity index (χ0) is 50.2. The molecule has 8 heterocycles. The maximum absolute atomic E-state index is 12.7. The average molecular weight is 1020 g/mol. The number of fused-ring (bicyclic) bond motifs is 2. The van der Waals surface area contributed by atoms with E-state index in [1.165, 1.54) is 81.3 Å². The summed E-state index contributed by atoms with van der Waals surface area (Å²) in [6, 6.07) is 18.1. The first-order valence-electron chi connectivity index (χ1n) is 25.5. The Labute approximate surface area is 431 Å². The molecule has 8 aromatic rings. The maximum Gasteiger partial charge on any atom is 0.236 e. The van der Waals surface area contributed by atoms with Crippen molar-refractivity contribution in [3.63, 3.8) is 0 Å². The maximum atomic E-state index is 12.7. The Hall–Kier alpha value is -5.12. The van der Waals surface area contributed by atoms with Gasteiger partial charge in [0.05, 0.1) is 28.8 Å². The molecule has 6 aromatic heterocycles. The Bertz CT molecular complexity index is 3090. The molecule has 2 N–H and O–H groups in total. The lowest BCUT2D eigenvalue weighted by molar-refractivity contribution is -0.131. The number of carbonyl (C=O) groups is 1. The van der Waals surface area contributed by atoms with Crippen molar-refractivity contribution < 1.29 is 13.6 Å². The molecule has 2 aliphatic rings. The first-order chi connectivity index (χ1) is 34.0. The zero-order valence-corrected chi connectivity index (χ0v) is 45.7. The van der Waals surface area contributed by atoms with Crippen LogP contribution in [0, 0.1) is 27.7 Å². The van der Waals surface area contributed by atoms with E-state index in [1.807, 2.05) is 18.7 Å². The number of aromatic amines is 2. The standard InChI is InChI=1S/C33H44N6O2S.C23H26ClN3OS/c1-6-28-35-36-32(41-28)33(4,5)27-20-26-25(30(34-31(26)42-27)24-18-22(2)17-23(3)19-24)9-12-37-13-15-38(16-14-37)21-29(40)39-10-7-8-11-39;1-6-19-26-27-22(28-19)23(4,5)18-12-17-16(7-8-24)20(25-21(17)29-18)15-10-13(2)9-14(3)11-15/h17-20,34H,6-16,21H2,1-5H3;9-12,25H,6-8H2,1-5H3. The largest absolute Gasteiger partial charge is 0.424 e. The number of aromatic nitrogens is 6. The smallest absolute Gasteiger partial charge is 0.236 e. The van der Waals surface area contributed by atoms with E-state index in [-0.39, 0.29) is 10.8 Å². The van der Waals surface area contributed by atoms with Crippen molar-refractivity contribution in [2.24, 2.45) is 0 Å². The van der Waals surface area contributed by atoms with E-state index in [2.05, 4.69) is 144 Å². The summed E-state index contributed by atoms with van der Waals surface area (Å²) >= 11 is 9.73. The molecule has 0 atom stereocenters. The first-order valence-corrected chi connectivity index (χ1v) is 27.6. The number of alkyl halides is 1. The number of nitrogens with zero attached hydrogens (tertiary/aromatic N) is 7. The van der Waals surface area contributed by atoms with E-state index in [9.17, 15) is 4.79 Å². The van der Waals surface area contributed by atoms with Gasteiger partial charge < -0.3 is 28.6 Å². The highest BCUT2D eigenvalue weighted by atomic mass is 35.5. The quantitative estimate of drug-likeness (QED) is 0.0962. The summed E-state index contributed by atoms with van der Waals surface area (Å²) in [5.41, 5.74) is 11.9. The van der Waals surface area contributed by atoms with Crippen molar-refractivity contribution in [2.45, 2.75) is 119 Å². The summed E-state index contributed by atoms with van der Waals surface area (Å²) in [4.78, 5) is 31.9. The van der Waals surface area contributed by atoms with E-state index in [4.69, 9.17) is 20.4 Å². The Morgan fingerprint density at radius 2 is 1.06 bits per heavy atom. The Balaban J connectivity index is 0.000000188. The lowest BCUT2D eigenvalue weighted by atomic mass is 9.90. The van der Waals surface area contributed by atoms with Crippen LogP contribution in [0.25, 0.3) is 42.9 Å². The summed E-state index contributed by atoms with van der Waals surface area (Å²) in [7, 11) is 0. The lowest BCUT2D eigenvalue weighted by Gasteiger charge is -2.35. The SMILES string of the molecule is CCc1nnc(C(C)(C)c2cc3c(CCCl)c(-c4cc(C)cc(C)c4)[nH]c3s2)o1.CCc1nnc(C(C)(C)c2cc3c(CCN4CCN(CC(=O)N5CCCC5)CC4)c(-c4cc(C)cc(C)c4)[nH]c3s2)o1. The van der Waals surface area contributed by atoms with E-state index in [0.717, 1.165) is 89.2 Å². The minimum absolute atomic E-state index is 0.302. The monoisotopic (exact) mass is 1020 g/mol. The fourth-order valence-electron chi connectivity index (χ4n) is 10.2. The number of piperazine rings is 1. The molecule has 376 valence electrons. The number of thiophene rings is 2. The Kier molecular flexibility index (Phi) is 15.1. The van der Waals surface area contributed by atoms with E-state index >= 15 is 0 Å². The van der Waals surface area contributed by atoms with Gasteiger partial charge in [0.2, 0.25) is 29.5 Å². The molecule has 0 spiro atoms. The van der Waals surface area contributed by atoms with Gasteiger partial charge in [0, 0.05) is 85.1 Å². The Morgan fingerprint density at radius 1 is 0.620 bits per heavy atom. The molecule has 0 unspecified atom stereocenters. The van der Waals surface area contributed by atoms with Crippen molar-refractivity contribution >= 4 is 60.6 Å². The second kappa shape index (κ2) is 21.2. The van der Waals surface area contributed by atoms with Crippen LogP contribution in [-0.4, -0.2) is 109 Å². The first kappa shape index (κ1) is 50.8. The third kappa shape index (κ3) is 10.8. The fraction of sp³-hybridized carbons (Fsp3) is 0.482. The summed E-state index contributed by atoms with van der Waals surface area (Å²) in [5, 5.41) is 19.6. The number of H-pyrrole nitrogens is 2. The second-order valence-corrected chi connectivity index (χ2v) is 23.3. The average Bonchev–Trinajstić information content (AvgIpc) is 4.20. The predicted octanol–water partition coefficient (Wildman–Crippen LogP) is 12.1. The number of carbonyl (C=O) groups excluding carboxylic acids is 1. The number of nitrogens with one attached hydrogen (secondary N) is 2. The molecular formula is C56H70ClN9O3S2. The van der Waals surface area contributed by atoms with Crippen LogP contribution in [0.1, 0.15) is 121 Å². The van der Waals surface area contributed by atoms with Crippen molar-refractivity contribution in [3.05, 3.63) is 115 Å². The molecule has 12 nitrogen and oxygen atoms in total. The van der Waals surface area contributed by atoms with Crippen LogP contribution in [-0.2, 0) is 41.3 Å². The van der Waals surface area contributed by atoms with Crippen LogP contribution < -0.4 is 0 Å². The summed E-state index contributed by atoms with van der Waals surface area (Å²) in [6.45, 7) is 28.6. The van der Waals surface area contributed by atoms with Crippen molar-refractivity contribution in [2.75, 3.05) is 58.2 Å². The number of aryl methyl sites for hydroxylation is 7. The van der Waals surface area contributed by atoms with Gasteiger partial charge in [0.1, 0.15) is 9.66 Å². The molecule has 0 radical (unpaired) electrons. The molecule has 0 bridgehead atoms. The van der Waals surface area contributed by atoms with Gasteiger partial charge in [-0.3, -0.25) is 9.69 Å². The summed E-state index contributed by atoms with van der Waals surface area (Å²) in [5.74, 6) is 3.57. The number of hydrogen-bond donors (Lipinski definition) is 2. The van der Waals surface area contributed by atoms with Gasteiger partial charge in [-0.15, -0.1) is 54.7 Å². The fourth-order valence-corrected chi connectivity index (χ4v) is 12.8. The van der Waals surface area contributed by atoms with Crippen LogP contribution in [0.5, 0.6) is 0 Å². The third-order valence-corrected chi connectivity index (χ3v) is 17.3. The summed E-state index contributed by atoms with van der Waals surface area (Å²) in [6.07, 6.45) is 5.56. The minimum atomic E-state index is -0.370. The van der Waals surface area contributed by atoms with Gasteiger partial charge >= 0.3 is 0 Å². The van der Waals surface area contributed by atoms with Gasteiger partial charge in [-0.1, -0.05) is 48.2 Å². The lowest BCUT2D eigenvalue weighted by Crippen LogP contribution is -2.50. The molecule has 15 heteroatoms. The zero-order valence-electron chi connectivity index (χ0n) is 43.3. The van der Waals surface area contributed by atoms with Gasteiger partial charge in [-0.2, -0.15) is 0 Å². The highest BCUT2D eigenvalue weighted by molar-refractivity contribution is 7.19. The number of benzene rings is 2. The molecule has 2 aromatic carbocycles. The van der Waals surface area contributed by atoms with Crippen molar-refractivity contribution in [1.29, 1.82) is 0 Å². The van der Waals surface area contributed by atoms with Crippen molar-refractivity contribution in [1.82, 2.24) is 45.1 Å². The van der Waals surface area contributed by atoms with Crippen LogP contribution in [0.15, 0.2) is 57.4 Å². The Morgan fingerprint density at radius 3 is 1.48 bits per heavy atom.